The number of carbonyl (C=O) groups is 1. The molecule has 0 amide bonds. The SMILES string of the molecule is CCOC(=O)c1cc(Cl)c(OC(C)C)cc1OC(C)C. The van der Waals surface area contributed by atoms with Crippen molar-refractivity contribution >= 4 is 17.6 Å². The monoisotopic (exact) mass is 300 g/mol. The predicted octanol–water partition coefficient (Wildman–Crippen LogP) is 4.09. The van der Waals surface area contributed by atoms with E-state index in [0.29, 0.717) is 28.7 Å². The Hall–Kier alpha value is -1.42. The number of hydrogen-bond donors (Lipinski definition) is 0. The fourth-order valence-corrected chi connectivity index (χ4v) is 1.81. The lowest BCUT2D eigenvalue weighted by molar-refractivity contribution is 0.0520. The second-order valence-corrected chi connectivity index (χ2v) is 5.24. The molecule has 112 valence electrons. The third kappa shape index (κ3) is 4.60. The molecule has 1 rings (SSSR count). The first kappa shape index (κ1) is 16.6. The van der Waals surface area contributed by atoms with Crippen LogP contribution in [-0.2, 0) is 4.74 Å². The van der Waals surface area contributed by atoms with Gasteiger partial charge >= 0.3 is 5.97 Å². The van der Waals surface area contributed by atoms with Crippen LogP contribution in [0.2, 0.25) is 5.02 Å². The highest BCUT2D eigenvalue weighted by molar-refractivity contribution is 6.32. The van der Waals surface area contributed by atoms with Gasteiger partial charge in [0.25, 0.3) is 0 Å². The summed E-state index contributed by atoms with van der Waals surface area (Å²) in [5.74, 6) is 0.449. The maximum absolute atomic E-state index is 11.9. The minimum atomic E-state index is -0.457. The average molecular weight is 301 g/mol. The number of esters is 1. The Morgan fingerprint density at radius 1 is 1.10 bits per heavy atom. The van der Waals surface area contributed by atoms with Crippen molar-refractivity contribution in [1.29, 1.82) is 0 Å². The summed E-state index contributed by atoms with van der Waals surface area (Å²) in [6.45, 7) is 9.61. The molecule has 0 fully saturated rings. The molecule has 0 aliphatic heterocycles. The first-order valence-corrected chi connectivity index (χ1v) is 7.06. The maximum Gasteiger partial charge on any atom is 0.341 e. The summed E-state index contributed by atoms with van der Waals surface area (Å²) in [5.41, 5.74) is 0.307. The number of rotatable bonds is 6. The summed E-state index contributed by atoms with van der Waals surface area (Å²) in [4.78, 5) is 11.9. The van der Waals surface area contributed by atoms with Gasteiger partial charge in [-0.25, -0.2) is 4.79 Å². The van der Waals surface area contributed by atoms with Crippen LogP contribution in [-0.4, -0.2) is 24.8 Å². The zero-order chi connectivity index (χ0) is 15.3. The Balaban J connectivity index is 3.21. The van der Waals surface area contributed by atoms with Crippen molar-refractivity contribution < 1.29 is 19.0 Å². The second-order valence-electron chi connectivity index (χ2n) is 4.83. The van der Waals surface area contributed by atoms with Gasteiger partial charge in [-0.05, 0) is 40.7 Å². The summed E-state index contributed by atoms with van der Waals surface area (Å²) in [7, 11) is 0. The van der Waals surface area contributed by atoms with Gasteiger partial charge in [0.05, 0.1) is 23.8 Å². The van der Waals surface area contributed by atoms with Crippen molar-refractivity contribution in [2.45, 2.75) is 46.8 Å². The molecule has 0 heterocycles. The molecule has 4 nitrogen and oxygen atoms in total. The van der Waals surface area contributed by atoms with E-state index < -0.39 is 5.97 Å². The average Bonchev–Trinajstić information content (AvgIpc) is 2.32. The van der Waals surface area contributed by atoms with Gasteiger partial charge in [0.15, 0.2) is 0 Å². The van der Waals surface area contributed by atoms with Crippen LogP contribution in [0.15, 0.2) is 12.1 Å². The highest BCUT2D eigenvalue weighted by Gasteiger charge is 2.19. The Bertz CT molecular complexity index is 469. The Morgan fingerprint density at radius 3 is 2.15 bits per heavy atom. The van der Waals surface area contributed by atoms with Gasteiger partial charge in [-0.3, -0.25) is 0 Å². The highest BCUT2D eigenvalue weighted by Crippen LogP contribution is 2.34. The van der Waals surface area contributed by atoms with Crippen LogP contribution >= 0.6 is 11.6 Å². The maximum atomic E-state index is 11.9. The first-order valence-electron chi connectivity index (χ1n) is 6.69. The third-order valence-corrected chi connectivity index (χ3v) is 2.55. The summed E-state index contributed by atoms with van der Waals surface area (Å²) >= 11 is 6.14. The molecule has 0 unspecified atom stereocenters. The number of hydrogen-bond acceptors (Lipinski definition) is 4. The molecule has 0 atom stereocenters. The van der Waals surface area contributed by atoms with E-state index in [4.69, 9.17) is 25.8 Å². The third-order valence-electron chi connectivity index (χ3n) is 2.25. The normalized spacial score (nSPS) is 10.8. The zero-order valence-electron chi connectivity index (χ0n) is 12.5. The van der Waals surface area contributed by atoms with Crippen molar-refractivity contribution in [1.82, 2.24) is 0 Å². The smallest absolute Gasteiger partial charge is 0.341 e. The molecular formula is C15H21ClO4. The minimum Gasteiger partial charge on any atom is -0.490 e. The lowest BCUT2D eigenvalue weighted by atomic mass is 10.2. The molecule has 0 bridgehead atoms. The molecule has 1 aromatic carbocycles. The van der Waals surface area contributed by atoms with E-state index in [0.717, 1.165) is 0 Å². The minimum absolute atomic E-state index is 0.0205. The Kier molecular flexibility index (Phi) is 6.14. The van der Waals surface area contributed by atoms with Crippen molar-refractivity contribution in [3.63, 3.8) is 0 Å². The molecule has 1 aromatic rings. The molecular weight excluding hydrogens is 280 g/mol. The topological polar surface area (TPSA) is 44.8 Å². The molecule has 0 saturated carbocycles. The van der Waals surface area contributed by atoms with E-state index in [9.17, 15) is 4.79 Å². The van der Waals surface area contributed by atoms with Gasteiger partial charge in [-0.15, -0.1) is 0 Å². The molecule has 0 aliphatic rings. The van der Waals surface area contributed by atoms with E-state index in [1.807, 2.05) is 27.7 Å². The zero-order valence-corrected chi connectivity index (χ0v) is 13.3. The fraction of sp³-hybridized carbons (Fsp3) is 0.533. The Morgan fingerprint density at radius 2 is 1.65 bits per heavy atom. The van der Waals surface area contributed by atoms with Crippen LogP contribution in [0.25, 0.3) is 0 Å². The lowest BCUT2D eigenvalue weighted by Crippen LogP contribution is -2.13. The molecule has 0 radical (unpaired) electrons. The van der Waals surface area contributed by atoms with Crippen LogP contribution in [0.4, 0.5) is 0 Å². The van der Waals surface area contributed by atoms with Crippen LogP contribution in [0.5, 0.6) is 11.5 Å². The number of benzene rings is 1. The van der Waals surface area contributed by atoms with Crippen LogP contribution < -0.4 is 9.47 Å². The van der Waals surface area contributed by atoms with Crippen molar-refractivity contribution in [2.75, 3.05) is 6.61 Å². The largest absolute Gasteiger partial charge is 0.490 e. The fourth-order valence-electron chi connectivity index (χ4n) is 1.60. The van der Waals surface area contributed by atoms with Gasteiger partial charge < -0.3 is 14.2 Å². The van der Waals surface area contributed by atoms with E-state index >= 15 is 0 Å². The standard InChI is InChI=1S/C15H21ClO4/c1-6-18-15(17)11-7-12(16)14(20-10(4)5)8-13(11)19-9(2)3/h7-10H,6H2,1-5H3. The quantitative estimate of drug-likeness (QED) is 0.742. The second kappa shape index (κ2) is 7.39. The molecule has 0 spiro atoms. The molecule has 0 saturated heterocycles. The molecule has 0 aromatic heterocycles. The number of halogens is 1. The van der Waals surface area contributed by atoms with E-state index in [-0.39, 0.29) is 12.2 Å². The van der Waals surface area contributed by atoms with Gasteiger partial charge in [-0.2, -0.15) is 0 Å². The molecule has 0 N–H and O–H groups in total. The van der Waals surface area contributed by atoms with Gasteiger partial charge in [0.1, 0.15) is 17.1 Å². The molecule has 0 aliphatic carbocycles. The Labute approximate surface area is 125 Å². The lowest BCUT2D eigenvalue weighted by Gasteiger charge is -2.17. The molecule has 20 heavy (non-hydrogen) atoms. The first-order chi connectivity index (χ1) is 9.35. The van der Waals surface area contributed by atoms with Gasteiger partial charge in [0.2, 0.25) is 0 Å². The summed E-state index contributed by atoms with van der Waals surface area (Å²) in [6.07, 6.45) is -0.0934. The van der Waals surface area contributed by atoms with E-state index in [1.54, 1.807) is 13.0 Å². The van der Waals surface area contributed by atoms with E-state index in [1.165, 1.54) is 6.07 Å². The van der Waals surface area contributed by atoms with Crippen molar-refractivity contribution in [2.24, 2.45) is 0 Å². The van der Waals surface area contributed by atoms with Gasteiger partial charge in [-0.1, -0.05) is 11.6 Å². The molecule has 5 heteroatoms. The van der Waals surface area contributed by atoms with Crippen molar-refractivity contribution in [3.8, 4) is 11.5 Å². The van der Waals surface area contributed by atoms with Gasteiger partial charge in [0, 0.05) is 6.07 Å². The summed E-state index contributed by atoms with van der Waals surface area (Å²) in [5, 5.41) is 0.359. The van der Waals surface area contributed by atoms with Crippen LogP contribution in [0, 0.1) is 0 Å². The highest BCUT2D eigenvalue weighted by atomic mass is 35.5. The number of ether oxygens (including phenoxy) is 3. The van der Waals surface area contributed by atoms with Crippen LogP contribution in [0.1, 0.15) is 45.0 Å². The number of carbonyl (C=O) groups excluding carboxylic acids is 1. The predicted molar refractivity (Wildman–Crippen MR) is 78.9 cm³/mol. The van der Waals surface area contributed by atoms with Crippen molar-refractivity contribution in [3.05, 3.63) is 22.7 Å². The van der Waals surface area contributed by atoms with Crippen LogP contribution in [0.3, 0.4) is 0 Å². The summed E-state index contributed by atoms with van der Waals surface area (Å²) in [6, 6.07) is 3.16. The summed E-state index contributed by atoms with van der Waals surface area (Å²) < 4.78 is 16.3. The van der Waals surface area contributed by atoms with E-state index in [2.05, 4.69) is 0 Å².